The summed E-state index contributed by atoms with van der Waals surface area (Å²) in [4.78, 5) is 11.7. The lowest BCUT2D eigenvalue weighted by Gasteiger charge is -2.14. The number of carbonyl (C=O) groups is 1. The molecule has 4 nitrogen and oxygen atoms in total. The molecule has 1 amide bonds. The van der Waals surface area contributed by atoms with Gasteiger partial charge >= 0.3 is 0 Å². The molecule has 0 aliphatic heterocycles. The summed E-state index contributed by atoms with van der Waals surface area (Å²) in [5.74, 6) is 1.07. The van der Waals surface area contributed by atoms with E-state index in [0.29, 0.717) is 11.5 Å². The minimum absolute atomic E-state index is 0.0103. The van der Waals surface area contributed by atoms with Gasteiger partial charge in [0.05, 0.1) is 7.11 Å². The second-order valence-corrected chi connectivity index (χ2v) is 4.58. The van der Waals surface area contributed by atoms with Crippen molar-refractivity contribution in [1.82, 2.24) is 5.32 Å². The average Bonchev–Trinajstić information content (AvgIpc) is 2.45. The van der Waals surface area contributed by atoms with Crippen molar-refractivity contribution in [3.63, 3.8) is 0 Å². The number of allylic oxidation sites excluding steroid dienone is 1. The quantitative estimate of drug-likeness (QED) is 0.833. The van der Waals surface area contributed by atoms with Gasteiger partial charge in [0.2, 0.25) is 0 Å². The first-order valence-electron chi connectivity index (χ1n) is 6.83. The first-order chi connectivity index (χ1) is 9.60. The van der Waals surface area contributed by atoms with Gasteiger partial charge in [-0.05, 0) is 38.0 Å². The predicted molar refractivity (Wildman–Crippen MR) is 81.1 cm³/mol. The molecular weight excluding hydrogens is 254 g/mol. The first kappa shape index (κ1) is 16.1. The number of rotatable bonds is 7. The minimum Gasteiger partial charge on any atom is -0.493 e. The van der Waals surface area contributed by atoms with Crippen molar-refractivity contribution in [1.29, 1.82) is 0 Å². The lowest BCUT2D eigenvalue weighted by molar-refractivity contribution is -0.123. The number of hydrogen-bond donors (Lipinski definition) is 1. The molecule has 0 aromatic heterocycles. The molecule has 1 N–H and O–H groups in total. The zero-order chi connectivity index (χ0) is 15.0. The number of carbonyl (C=O) groups excluding carboxylic acids is 1. The molecule has 0 saturated carbocycles. The van der Waals surface area contributed by atoms with E-state index < -0.39 is 0 Å². The topological polar surface area (TPSA) is 47.6 Å². The van der Waals surface area contributed by atoms with Crippen LogP contribution >= 0.6 is 0 Å². The molecule has 1 unspecified atom stereocenters. The number of amides is 1. The normalized spacial score (nSPS) is 12.2. The van der Waals surface area contributed by atoms with Gasteiger partial charge in [-0.2, -0.15) is 0 Å². The Balaban J connectivity index is 2.65. The van der Waals surface area contributed by atoms with Crippen molar-refractivity contribution in [3.8, 4) is 11.5 Å². The highest BCUT2D eigenvalue weighted by Crippen LogP contribution is 2.28. The number of methoxy groups -OCH3 is 1. The van der Waals surface area contributed by atoms with Crippen LogP contribution in [0.1, 0.15) is 32.8 Å². The number of ether oxygens (including phenoxy) is 2. The Morgan fingerprint density at radius 2 is 2.15 bits per heavy atom. The fourth-order valence-corrected chi connectivity index (χ4v) is 1.66. The Morgan fingerprint density at radius 1 is 1.40 bits per heavy atom. The number of nitrogens with one attached hydrogen (secondary N) is 1. The molecule has 1 aromatic carbocycles. The van der Waals surface area contributed by atoms with Gasteiger partial charge in [0, 0.05) is 6.04 Å². The van der Waals surface area contributed by atoms with Gasteiger partial charge in [-0.1, -0.05) is 25.1 Å². The van der Waals surface area contributed by atoms with E-state index in [-0.39, 0.29) is 18.6 Å². The van der Waals surface area contributed by atoms with Gasteiger partial charge in [0.15, 0.2) is 18.1 Å². The molecule has 110 valence electrons. The van der Waals surface area contributed by atoms with Crippen LogP contribution in [0, 0.1) is 0 Å². The van der Waals surface area contributed by atoms with E-state index in [0.717, 1.165) is 12.0 Å². The molecule has 0 bridgehead atoms. The standard InChI is InChI=1S/C16H23NO3/c1-5-7-13-8-9-14(15(10-13)19-4)20-11-16(18)17-12(3)6-2/h5,7-10,12H,6,11H2,1-4H3,(H,17,18)/b7-5+. The van der Waals surface area contributed by atoms with Gasteiger partial charge in [-0.15, -0.1) is 0 Å². The van der Waals surface area contributed by atoms with Crippen LogP contribution in [0.2, 0.25) is 0 Å². The Labute approximate surface area is 120 Å². The van der Waals surface area contributed by atoms with Crippen molar-refractivity contribution in [2.45, 2.75) is 33.2 Å². The van der Waals surface area contributed by atoms with Crippen molar-refractivity contribution < 1.29 is 14.3 Å². The van der Waals surface area contributed by atoms with Crippen LogP contribution < -0.4 is 14.8 Å². The molecule has 0 fully saturated rings. The SMILES string of the molecule is C/C=C/c1ccc(OCC(=O)NC(C)CC)c(OC)c1. The van der Waals surface area contributed by atoms with Crippen LogP contribution in [-0.2, 0) is 4.79 Å². The van der Waals surface area contributed by atoms with Crippen LogP contribution in [0.4, 0.5) is 0 Å². The monoisotopic (exact) mass is 277 g/mol. The van der Waals surface area contributed by atoms with Crippen molar-refractivity contribution in [2.24, 2.45) is 0 Å². The van der Waals surface area contributed by atoms with Crippen LogP contribution in [0.25, 0.3) is 6.08 Å². The Morgan fingerprint density at radius 3 is 2.75 bits per heavy atom. The lowest BCUT2D eigenvalue weighted by atomic mass is 10.2. The number of hydrogen-bond acceptors (Lipinski definition) is 3. The molecule has 0 aliphatic rings. The summed E-state index contributed by atoms with van der Waals surface area (Å²) in [6.45, 7) is 5.93. The summed E-state index contributed by atoms with van der Waals surface area (Å²) in [6.07, 6.45) is 4.82. The van der Waals surface area contributed by atoms with Gasteiger partial charge in [-0.3, -0.25) is 4.79 Å². The summed E-state index contributed by atoms with van der Waals surface area (Å²) in [5, 5.41) is 2.85. The Bertz CT molecular complexity index is 469. The van der Waals surface area contributed by atoms with Crippen LogP contribution in [-0.4, -0.2) is 25.7 Å². The summed E-state index contributed by atoms with van der Waals surface area (Å²) >= 11 is 0. The molecule has 0 aliphatic carbocycles. The fourth-order valence-electron chi connectivity index (χ4n) is 1.66. The second kappa shape index (κ2) is 8.25. The molecule has 1 aromatic rings. The number of benzene rings is 1. The minimum atomic E-state index is -0.126. The van der Waals surface area contributed by atoms with Gasteiger partial charge in [0.1, 0.15) is 0 Å². The maximum atomic E-state index is 11.7. The molecule has 0 radical (unpaired) electrons. The third kappa shape index (κ3) is 4.96. The predicted octanol–water partition coefficient (Wildman–Crippen LogP) is 3.02. The maximum absolute atomic E-state index is 11.7. The fraction of sp³-hybridized carbons (Fsp3) is 0.438. The van der Waals surface area contributed by atoms with E-state index >= 15 is 0 Å². The van der Waals surface area contributed by atoms with Crippen LogP contribution in [0.5, 0.6) is 11.5 Å². The highest BCUT2D eigenvalue weighted by molar-refractivity contribution is 5.77. The van der Waals surface area contributed by atoms with E-state index in [1.54, 1.807) is 7.11 Å². The summed E-state index contributed by atoms with van der Waals surface area (Å²) in [5.41, 5.74) is 1.03. The van der Waals surface area contributed by atoms with Gasteiger partial charge in [0.25, 0.3) is 5.91 Å². The lowest BCUT2D eigenvalue weighted by Crippen LogP contribution is -2.35. The van der Waals surface area contributed by atoms with E-state index in [9.17, 15) is 4.79 Å². The third-order valence-electron chi connectivity index (χ3n) is 2.93. The van der Waals surface area contributed by atoms with Crippen molar-refractivity contribution in [2.75, 3.05) is 13.7 Å². The summed E-state index contributed by atoms with van der Waals surface area (Å²) in [6, 6.07) is 5.77. The van der Waals surface area contributed by atoms with Gasteiger partial charge < -0.3 is 14.8 Å². The highest BCUT2D eigenvalue weighted by atomic mass is 16.5. The molecular formula is C16H23NO3. The van der Waals surface area contributed by atoms with Gasteiger partial charge in [-0.25, -0.2) is 0 Å². The largest absolute Gasteiger partial charge is 0.493 e. The van der Waals surface area contributed by atoms with E-state index in [1.165, 1.54) is 0 Å². The Hall–Kier alpha value is -1.97. The summed E-state index contributed by atoms with van der Waals surface area (Å²) in [7, 11) is 1.58. The van der Waals surface area contributed by atoms with E-state index in [4.69, 9.17) is 9.47 Å². The Kier molecular flexibility index (Phi) is 6.64. The van der Waals surface area contributed by atoms with Crippen LogP contribution in [0.15, 0.2) is 24.3 Å². The first-order valence-corrected chi connectivity index (χ1v) is 6.83. The van der Waals surface area contributed by atoms with Crippen molar-refractivity contribution in [3.05, 3.63) is 29.8 Å². The zero-order valence-corrected chi connectivity index (χ0v) is 12.6. The second-order valence-electron chi connectivity index (χ2n) is 4.58. The van der Waals surface area contributed by atoms with E-state index in [2.05, 4.69) is 5.32 Å². The summed E-state index contributed by atoms with van der Waals surface area (Å²) < 4.78 is 10.8. The van der Waals surface area contributed by atoms with E-state index in [1.807, 2.05) is 51.1 Å². The third-order valence-corrected chi connectivity index (χ3v) is 2.93. The zero-order valence-electron chi connectivity index (χ0n) is 12.6. The molecule has 0 saturated heterocycles. The highest BCUT2D eigenvalue weighted by Gasteiger charge is 2.09. The van der Waals surface area contributed by atoms with Crippen LogP contribution in [0.3, 0.4) is 0 Å². The average molecular weight is 277 g/mol. The van der Waals surface area contributed by atoms with Crippen molar-refractivity contribution >= 4 is 12.0 Å². The molecule has 1 rings (SSSR count). The molecule has 20 heavy (non-hydrogen) atoms. The molecule has 1 atom stereocenters. The maximum Gasteiger partial charge on any atom is 0.258 e. The molecule has 0 spiro atoms. The molecule has 0 heterocycles. The smallest absolute Gasteiger partial charge is 0.258 e. The molecule has 4 heteroatoms.